The zero-order valence-electron chi connectivity index (χ0n) is 18.6. The Balaban J connectivity index is 1.67. The number of aromatic amines is 1. The number of non-ortho nitro benzene ring substituents is 1. The van der Waals surface area contributed by atoms with Crippen LogP contribution in [0.3, 0.4) is 0 Å². The van der Waals surface area contributed by atoms with Crippen LogP contribution in [0.15, 0.2) is 75.4 Å². The molecule has 36 heavy (non-hydrogen) atoms. The molecule has 0 fully saturated rings. The Morgan fingerprint density at radius 1 is 1.03 bits per heavy atom. The summed E-state index contributed by atoms with van der Waals surface area (Å²) in [5.41, 5.74) is -0.925. The topological polar surface area (TPSA) is 172 Å². The summed E-state index contributed by atoms with van der Waals surface area (Å²) in [6.07, 6.45) is 1.11. The summed E-state index contributed by atoms with van der Waals surface area (Å²) in [7, 11) is 1.29. The molecule has 0 aliphatic rings. The third-order valence-electron chi connectivity index (χ3n) is 5.11. The molecule has 4 rings (SSSR count). The van der Waals surface area contributed by atoms with Crippen molar-refractivity contribution in [1.82, 2.24) is 9.66 Å². The highest BCUT2D eigenvalue weighted by Crippen LogP contribution is 2.38. The van der Waals surface area contributed by atoms with E-state index in [0.29, 0.717) is 15.8 Å². The highest BCUT2D eigenvalue weighted by Gasteiger charge is 2.22. The lowest BCUT2D eigenvalue weighted by Gasteiger charge is -2.12. The van der Waals surface area contributed by atoms with Gasteiger partial charge < -0.3 is 14.5 Å². The predicted molar refractivity (Wildman–Crippen MR) is 129 cm³/mol. The Kier molecular flexibility index (Phi) is 6.54. The van der Waals surface area contributed by atoms with E-state index in [0.717, 1.165) is 12.3 Å². The number of nitro groups is 2. The van der Waals surface area contributed by atoms with Gasteiger partial charge in [-0.05, 0) is 35.9 Å². The van der Waals surface area contributed by atoms with Crippen LogP contribution < -0.4 is 20.7 Å². The van der Waals surface area contributed by atoms with Crippen LogP contribution in [0.1, 0.15) is 11.1 Å². The largest absolute Gasteiger partial charge is 0.493 e. The van der Waals surface area contributed by atoms with Gasteiger partial charge >= 0.3 is 11.4 Å². The van der Waals surface area contributed by atoms with Gasteiger partial charge in [0.15, 0.2) is 5.75 Å². The summed E-state index contributed by atoms with van der Waals surface area (Å²) in [5.74, 6) is -0.161. The fraction of sp³-hybridized carbons (Fsp3) is 0.0870. The number of benzene rings is 3. The van der Waals surface area contributed by atoms with Crippen molar-refractivity contribution in [3.05, 3.63) is 113 Å². The lowest BCUT2D eigenvalue weighted by atomic mass is 10.1. The van der Waals surface area contributed by atoms with Crippen LogP contribution >= 0.6 is 0 Å². The molecule has 0 spiro atoms. The highest BCUT2D eigenvalue weighted by molar-refractivity contribution is 5.83. The molecule has 1 heterocycles. The maximum Gasteiger partial charge on any atom is 0.349 e. The second kappa shape index (κ2) is 9.89. The smallest absolute Gasteiger partial charge is 0.349 e. The van der Waals surface area contributed by atoms with Crippen molar-refractivity contribution in [3.8, 4) is 11.5 Å². The van der Waals surface area contributed by atoms with E-state index in [2.05, 4.69) is 10.1 Å². The van der Waals surface area contributed by atoms with Crippen molar-refractivity contribution >= 4 is 28.5 Å². The molecule has 0 atom stereocenters. The van der Waals surface area contributed by atoms with Gasteiger partial charge in [0.05, 0.1) is 34.1 Å². The first kappa shape index (κ1) is 23.8. The van der Waals surface area contributed by atoms with Crippen LogP contribution in [0.2, 0.25) is 0 Å². The molecule has 0 radical (unpaired) electrons. The van der Waals surface area contributed by atoms with Crippen LogP contribution in [0.5, 0.6) is 11.5 Å². The number of methoxy groups -OCH3 is 1. The van der Waals surface area contributed by atoms with Gasteiger partial charge in [0, 0.05) is 23.8 Å². The van der Waals surface area contributed by atoms with Gasteiger partial charge in [-0.3, -0.25) is 25.0 Å². The first-order chi connectivity index (χ1) is 17.3. The molecule has 3 aromatic carbocycles. The zero-order chi connectivity index (χ0) is 25.8. The summed E-state index contributed by atoms with van der Waals surface area (Å²) in [6.45, 7) is -0.121. The van der Waals surface area contributed by atoms with Crippen LogP contribution in [0.25, 0.3) is 10.9 Å². The molecular formula is C23H17N5O8. The van der Waals surface area contributed by atoms with Crippen LogP contribution in [-0.4, -0.2) is 32.8 Å². The van der Waals surface area contributed by atoms with Crippen LogP contribution in [0, 0.1) is 20.2 Å². The molecule has 0 saturated heterocycles. The molecule has 1 N–H and O–H groups in total. The summed E-state index contributed by atoms with van der Waals surface area (Å²) < 4.78 is 11.5. The number of nitrogens with one attached hydrogen (secondary N) is 1. The number of ether oxygens (including phenoxy) is 2. The minimum absolute atomic E-state index is 0.00679. The van der Waals surface area contributed by atoms with E-state index in [1.54, 1.807) is 18.2 Å². The van der Waals surface area contributed by atoms with Gasteiger partial charge in [0.25, 0.3) is 11.2 Å². The second-order valence-corrected chi connectivity index (χ2v) is 7.38. The Morgan fingerprint density at radius 2 is 1.75 bits per heavy atom. The van der Waals surface area contributed by atoms with Crippen molar-refractivity contribution < 1.29 is 19.3 Å². The minimum atomic E-state index is -0.778. The van der Waals surface area contributed by atoms with Crippen molar-refractivity contribution in [2.24, 2.45) is 5.10 Å². The Morgan fingerprint density at radius 3 is 2.42 bits per heavy atom. The summed E-state index contributed by atoms with van der Waals surface area (Å²) in [5, 5.41) is 26.7. The van der Waals surface area contributed by atoms with Gasteiger partial charge in [-0.15, -0.1) is 4.68 Å². The first-order valence-corrected chi connectivity index (χ1v) is 10.3. The number of nitrogens with zero attached hydrogens (tertiary/aromatic N) is 4. The van der Waals surface area contributed by atoms with Crippen molar-refractivity contribution in [3.63, 3.8) is 0 Å². The second-order valence-electron chi connectivity index (χ2n) is 7.38. The van der Waals surface area contributed by atoms with Gasteiger partial charge in [0.2, 0.25) is 5.75 Å². The number of hydrogen-bond acceptors (Lipinski definition) is 9. The van der Waals surface area contributed by atoms with Crippen LogP contribution in [-0.2, 0) is 6.61 Å². The standard InChI is InChI=1S/C23H17N5O8/c1-35-20-11-15(12-24-26-22(29)17-4-2-3-5-18(17)25-23(26)30)10-19(28(33)34)21(20)36-13-14-6-8-16(9-7-14)27(31)32/h2-12H,13H2,1H3,(H,25,30). The maximum absolute atomic E-state index is 12.6. The number of H-pyrrole nitrogens is 1. The Bertz CT molecular complexity index is 1620. The van der Waals surface area contributed by atoms with E-state index >= 15 is 0 Å². The van der Waals surface area contributed by atoms with Crippen molar-refractivity contribution in [2.45, 2.75) is 6.61 Å². The van der Waals surface area contributed by atoms with E-state index in [1.165, 1.54) is 43.5 Å². The molecular weight excluding hydrogens is 474 g/mol. The summed E-state index contributed by atoms with van der Waals surface area (Å²) in [4.78, 5) is 48.8. The molecule has 13 nitrogen and oxygen atoms in total. The average molecular weight is 491 g/mol. The Hall–Kier alpha value is -5.33. The van der Waals surface area contributed by atoms with E-state index < -0.39 is 26.8 Å². The monoisotopic (exact) mass is 491 g/mol. The average Bonchev–Trinajstić information content (AvgIpc) is 2.87. The van der Waals surface area contributed by atoms with Gasteiger partial charge in [-0.2, -0.15) is 5.10 Å². The predicted octanol–water partition coefficient (Wildman–Crippen LogP) is 2.98. The number of rotatable bonds is 8. The fourth-order valence-corrected chi connectivity index (χ4v) is 3.37. The lowest BCUT2D eigenvalue weighted by Crippen LogP contribution is -2.32. The number of aromatic nitrogens is 2. The highest BCUT2D eigenvalue weighted by atomic mass is 16.6. The quantitative estimate of drug-likeness (QED) is 0.222. The van der Waals surface area contributed by atoms with E-state index in [9.17, 15) is 29.8 Å². The molecule has 1 aromatic heterocycles. The third kappa shape index (κ3) is 4.79. The molecule has 0 saturated carbocycles. The fourth-order valence-electron chi connectivity index (χ4n) is 3.37. The molecule has 0 aliphatic heterocycles. The number of para-hydroxylation sites is 1. The van der Waals surface area contributed by atoms with Crippen molar-refractivity contribution in [2.75, 3.05) is 7.11 Å². The molecule has 0 aliphatic carbocycles. The van der Waals surface area contributed by atoms with Crippen molar-refractivity contribution in [1.29, 1.82) is 0 Å². The molecule has 0 amide bonds. The van der Waals surface area contributed by atoms with Gasteiger partial charge in [-0.25, -0.2) is 4.79 Å². The van der Waals surface area contributed by atoms with E-state index in [4.69, 9.17) is 9.47 Å². The molecule has 13 heteroatoms. The summed E-state index contributed by atoms with van der Waals surface area (Å²) in [6, 6.07) is 14.5. The van der Waals surface area contributed by atoms with Gasteiger partial charge in [-0.1, -0.05) is 12.1 Å². The maximum atomic E-state index is 12.6. The molecule has 0 bridgehead atoms. The normalized spacial score (nSPS) is 11.0. The number of hydrogen-bond donors (Lipinski definition) is 1. The SMILES string of the molecule is COc1cc(C=Nn2c(=O)[nH]c3ccccc3c2=O)cc([N+](=O)[O-])c1OCc1ccc([N+](=O)[O-])cc1. The van der Waals surface area contributed by atoms with Crippen LogP contribution in [0.4, 0.5) is 11.4 Å². The number of fused-ring (bicyclic) bond motifs is 1. The third-order valence-corrected chi connectivity index (χ3v) is 5.11. The minimum Gasteiger partial charge on any atom is -0.493 e. The van der Waals surface area contributed by atoms with E-state index in [-0.39, 0.29) is 34.7 Å². The first-order valence-electron chi connectivity index (χ1n) is 10.3. The molecule has 182 valence electrons. The molecule has 0 unspecified atom stereocenters. The van der Waals surface area contributed by atoms with E-state index in [1.807, 2.05) is 0 Å². The Labute approximate surface area is 201 Å². The summed E-state index contributed by atoms with van der Waals surface area (Å²) >= 11 is 0. The number of nitro benzene ring substituents is 2. The lowest BCUT2D eigenvalue weighted by molar-refractivity contribution is -0.386. The van der Waals surface area contributed by atoms with Gasteiger partial charge in [0.1, 0.15) is 6.61 Å². The molecule has 4 aromatic rings. The zero-order valence-corrected chi connectivity index (χ0v) is 18.6.